The average Bonchev–Trinajstić information content (AvgIpc) is 3.12. The Bertz CT molecular complexity index is 1230. The van der Waals surface area contributed by atoms with Gasteiger partial charge in [-0.3, -0.25) is 4.79 Å². The van der Waals surface area contributed by atoms with Crippen LogP contribution in [0.25, 0.3) is 5.57 Å². The van der Waals surface area contributed by atoms with E-state index in [-0.39, 0.29) is 31.8 Å². The molecule has 1 aliphatic heterocycles. The van der Waals surface area contributed by atoms with Crippen LogP contribution in [0.2, 0.25) is 0 Å². The monoisotopic (exact) mass is 407 g/mol. The zero-order valence-corrected chi connectivity index (χ0v) is 14.5. The number of alkyl halides is 3. The molecule has 1 aliphatic rings. The first-order valence-electron chi connectivity index (χ1n) is 7.80. The van der Waals surface area contributed by atoms with Gasteiger partial charge in [0.2, 0.25) is 5.88 Å². The molecule has 1 aromatic heterocycles. The van der Waals surface area contributed by atoms with Gasteiger partial charge in [0, 0.05) is 5.22 Å². The number of anilines is 2. The quantitative estimate of drug-likeness (QED) is 0.655. The third-order valence-electron chi connectivity index (χ3n) is 3.97. The maximum absolute atomic E-state index is 13.6. The number of halogens is 4. The first-order valence-corrected chi connectivity index (χ1v) is 8.62. The van der Waals surface area contributed by atoms with Crippen LogP contribution in [0.3, 0.4) is 0 Å². The molecule has 142 valence electrons. The Kier molecular flexibility index (Phi) is 4.15. The van der Waals surface area contributed by atoms with Gasteiger partial charge in [0.1, 0.15) is 10.7 Å². The van der Waals surface area contributed by atoms with Crippen LogP contribution in [0, 0.1) is 5.82 Å². The fraction of sp³-hybridized carbons (Fsp3) is 0.0556. The molecule has 1 amide bonds. The van der Waals surface area contributed by atoms with Crippen molar-refractivity contribution >= 4 is 33.6 Å². The summed E-state index contributed by atoms with van der Waals surface area (Å²) in [5.74, 6) is -1.85. The highest BCUT2D eigenvalue weighted by molar-refractivity contribution is 7.17. The summed E-state index contributed by atoms with van der Waals surface area (Å²) >= 11 is 0.764. The lowest BCUT2D eigenvalue weighted by Crippen LogP contribution is -2.23. The van der Waals surface area contributed by atoms with E-state index < -0.39 is 29.3 Å². The topological polar surface area (TPSA) is 74.6 Å². The summed E-state index contributed by atoms with van der Waals surface area (Å²) in [4.78, 5) is 19.8. The lowest BCUT2D eigenvalue weighted by molar-refractivity contribution is -0.136. The normalized spacial score (nSPS) is 13.4. The highest BCUT2D eigenvalue weighted by atomic mass is 32.1. The number of amides is 1. The van der Waals surface area contributed by atoms with E-state index in [1.165, 1.54) is 24.3 Å². The van der Waals surface area contributed by atoms with E-state index >= 15 is 0 Å². The van der Waals surface area contributed by atoms with Gasteiger partial charge in [-0.2, -0.15) is 18.2 Å². The Labute approximate surface area is 158 Å². The number of nitrogens with zero attached hydrogens (tertiary/aromatic N) is 2. The Hall–Kier alpha value is -3.27. The minimum Gasteiger partial charge on any atom is -0.492 e. The van der Waals surface area contributed by atoms with Gasteiger partial charge in [-0.15, -0.1) is 0 Å². The van der Waals surface area contributed by atoms with Crippen molar-refractivity contribution in [1.82, 2.24) is 4.98 Å². The number of carbonyl (C=O) groups excluding carboxylic acids is 1. The third-order valence-corrected chi connectivity index (χ3v) is 4.95. The average molecular weight is 407 g/mol. The summed E-state index contributed by atoms with van der Waals surface area (Å²) in [6.07, 6.45) is -4.59. The van der Waals surface area contributed by atoms with Crippen LogP contribution in [0.4, 0.5) is 28.4 Å². The van der Waals surface area contributed by atoms with Gasteiger partial charge in [0.25, 0.3) is 5.91 Å². The smallest absolute Gasteiger partial charge is 0.418 e. The maximum Gasteiger partial charge on any atom is 0.418 e. The summed E-state index contributed by atoms with van der Waals surface area (Å²) in [6.45, 7) is 0. The van der Waals surface area contributed by atoms with Crippen LogP contribution in [-0.2, 0) is 11.0 Å². The van der Waals surface area contributed by atoms with Crippen molar-refractivity contribution in [2.75, 3.05) is 5.32 Å². The molecule has 2 N–H and O–H groups in total. The third kappa shape index (κ3) is 3.11. The maximum atomic E-state index is 13.6. The van der Waals surface area contributed by atoms with Crippen LogP contribution in [0.1, 0.15) is 10.4 Å². The fourth-order valence-electron chi connectivity index (χ4n) is 2.79. The minimum atomic E-state index is -4.59. The molecule has 4 rings (SSSR count). The molecule has 0 saturated carbocycles. The molecule has 0 radical (unpaired) electrons. The number of benzene rings is 2. The van der Waals surface area contributed by atoms with E-state index in [9.17, 15) is 27.5 Å². The number of rotatable bonds is 3. The van der Waals surface area contributed by atoms with Crippen LogP contribution < -0.4 is 15.9 Å². The number of thiazole rings is 1. The van der Waals surface area contributed by atoms with E-state index in [1.807, 2.05) is 0 Å². The predicted molar refractivity (Wildman–Crippen MR) is 93.2 cm³/mol. The van der Waals surface area contributed by atoms with Gasteiger partial charge >= 0.3 is 6.18 Å². The van der Waals surface area contributed by atoms with Gasteiger partial charge in [0.05, 0.1) is 22.2 Å². The number of hydrogen-bond acceptors (Lipinski definition) is 5. The molecule has 3 aromatic rings. The molecule has 0 saturated heterocycles. The van der Waals surface area contributed by atoms with Crippen LogP contribution >= 0.6 is 11.3 Å². The molecule has 5 nitrogen and oxygen atoms in total. The Morgan fingerprint density at radius 2 is 1.86 bits per heavy atom. The number of carbonyl (C=O) groups is 1. The van der Waals surface area contributed by atoms with Gasteiger partial charge in [-0.25, -0.2) is 9.38 Å². The summed E-state index contributed by atoms with van der Waals surface area (Å²) < 4.78 is 53.0. The number of nitrogens with one attached hydrogen (secondary N) is 1. The van der Waals surface area contributed by atoms with Crippen LogP contribution in [0.5, 0.6) is 5.88 Å². The molecule has 0 aliphatic carbocycles. The summed E-state index contributed by atoms with van der Waals surface area (Å²) in [6, 6.07) is 8.36. The van der Waals surface area contributed by atoms with E-state index in [2.05, 4.69) is 15.3 Å². The first-order chi connectivity index (χ1) is 13.2. The van der Waals surface area contributed by atoms with Crippen molar-refractivity contribution in [2.24, 2.45) is 4.99 Å². The highest BCUT2D eigenvalue weighted by Crippen LogP contribution is 2.39. The van der Waals surface area contributed by atoms with Gasteiger partial charge in [-0.1, -0.05) is 23.5 Å². The molecule has 28 heavy (non-hydrogen) atoms. The van der Waals surface area contributed by atoms with E-state index in [1.54, 1.807) is 0 Å². The number of aromatic nitrogens is 1. The second kappa shape index (κ2) is 6.41. The Balaban J connectivity index is 1.79. The van der Waals surface area contributed by atoms with Crippen molar-refractivity contribution in [3.63, 3.8) is 0 Å². The van der Waals surface area contributed by atoms with Gasteiger partial charge in [0.15, 0.2) is 5.13 Å². The molecule has 10 heteroatoms. The molecule has 0 unspecified atom stereocenters. The molecule has 2 aromatic carbocycles. The summed E-state index contributed by atoms with van der Waals surface area (Å²) in [7, 11) is 0. The lowest BCUT2D eigenvalue weighted by atomic mass is 10.1. The molecule has 0 bridgehead atoms. The first kappa shape index (κ1) is 18.1. The zero-order valence-electron chi connectivity index (χ0n) is 13.7. The number of aromatic hydroxyl groups is 1. The number of fused-ring (bicyclic) bond motifs is 1. The van der Waals surface area contributed by atoms with E-state index in [0.29, 0.717) is 0 Å². The Morgan fingerprint density at radius 1 is 1.11 bits per heavy atom. The fourth-order valence-corrected chi connectivity index (χ4v) is 3.71. The summed E-state index contributed by atoms with van der Waals surface area (Å²) in [5.41, 5.74) is -1.21. The van der Waals surface area contributed by atoms with Crippen molar-refractivity contribution < 1.29 is 27.5 Å². The van der Waals surface area contributed by atoms with Crippen molar-refractivity contribution in [1.29, 1.82) is 0 Å². The SMILES string of the molecule is O=C1N=c2ccc(F)cc2=C1c1sc(Nc2ccccc2C(F)(F)F)nc1O. The molecule has 0 fully saturated rings. The molecular weight excluding hydrogens is 398 g/mol. The van der Waals surface area contributed by atoms with Crippen molar-refractivity contribution in [3.05, 3.63) is 69.3 Å². The number of hydrogen-bond donors (Lipinski definition) is 2. The zero-order chi connectivity index (χ0) is 20.1. The van der Waals surface area contributed by atoms with Crippen molar-refractivity contribution in [3.8, 4) is 5.88 Å². The van der Waals surface area contributed by atoms with Crippen LogP contribution in [-0.4, -0.2) is 16.0 Å². The second-order valence-electron chi connectivity index (χ2n) is 5.79. The summed E-state index contributed by atoms with van der Waals surface area (Å²) in [5, 5.41) is 13.0. The lowest BCUT2D eigenvalue weighted by Gasteiger charge is -2.12. The molecule has 0 atom stereocenters. The van der Waals surface area contributed by atoms with Crippen molar-refractivity contribution in [2.45, 2.75) is 6.18 Å². The predicted octanol–water partition coefficient (Wildman–Crippen LogP) is 3.11. The molecular formula is C18H9F4N3O2S. The molecule has 2 heterocycles. The van der Waals surface area contributed by atoms with E-state index in [0.717, 1.165) is 29.5 Å². The van der Waals surface area contributed by atoms with Crippen LogP contribution in [0.15, 0.2) is 47.5 Å². The largest absolute Gasteiger partial charge is 0.492 e. The second-order valence-corrected chi connectivity index (χ2v) is 6.79. The molecule has 0 spiro atoms. The Morgan fingerprint density at radius 3 is 2.61 bits per heavy atom. The minimum absolute atomic E-state index is 0.00918. The van der Waals surface area contributed by atoms with E-state index in [4.69, 9.17) is 0 Å². The van der Waals surface area contributed by atoms with Gasteiger partial charge < -0.3 is 10.4 Å². The standard InChI is InChI=1S/C18H9F4N3O2S/c19-8-5-6-11-9(7-8)13(15(26)23-11)14-16(27)25-17(28-14)24-12-4-2-1-3-10(12)18(20,21)22/h1-7,27H,(H,24,25). The highest BCUT2D eigenvalue weighted by Gasteiger charge is 2.33. The number of para-hydroxylation sites is 1. The van der Waals surface area contributed by atoms with Gasteiger partial charge in [-0.05, 0) is 30.3 Å².